The van der Waals surface area contributed by atoms with Crippen LogP contribution >= 0.6 is 0 Å². The molecular weight excluding hydrogens is 310 g/mol. The molecule has 4 nitrogen and oxygen atoms in total. The van der Waals surface area contributed by atoms with Crippen molar-refractivity contribution in [3.05, 3.63) is 48.0 Å². The second-order valence-corrected chi connectivity index (χ2v) is 5.05. The van der Waals surface area contributed by atoms with Gasteiger partial charge in [0, 0.05) is 0 Å². The molecule has 0 aliphatic carbocycles. The molecule has 6 heteroatoms. The van der Waals surface area contributed by atoms with Crippen LogP contribution in [0.5, 0.6) is 11.5 Å². The Kier molecular flexibility index (Phi) is 4.17. The zero-order chi connectivity index (χ0) is 13.8. The fourth-order valence-electron chi connectivity index (χ4n) is 1.43. The number of carbonyl (C=O) groups is 1. The molecule has 0 fully saturated rings. The van der Waals surface area contributed by atoms with Gasteiger partial charge in [-0.2, -0.15) is 0 Å². The van der Waals surface area contributed by atoms with E-state index in [1.807, 2.05) is 0 Å². The zero-order valence-electron chi connectivity index (χ0n) is 10.2. The van der Waals surface area contributed by atoms with Crippen LogP contribution in [0.4, 0.5) is 4.39 Å². The van der Waals surface area contributed by atoms with E-state index in [0.29, 0.717) is 15.9 Å². The third kappa shape index (κ3) is 3.32. The van der Waals surface area contributed by atoms with Crippen LogP contribution in [0, 0.1) is 5.82 Å². The molecule has 0 radical (unpaired) electrons. The van der Waals surface area contributed by atoms with E-state index < -0.39 is 0 Å². The van der Waals surface area contributed by atoms with Gasteiger partial charge in [0.25, 0.3) is 0 Å². The third-order valence-corrected chi connectivity index (χ3v) is 3.38. The number of amides is 1. The van der Waals surface area contributed by atoms with Crippen molar-refractivity contribution in [1.29, 1.82) is 0 Å². The van der Waals surface area contributed by atoms with Crippen LogP contribution in [-0.4, -0.2) is 34.8 Å². The first-order valence-corrected chi connectivity index (χ1v) is 6.72. The van der Waals surface area contributed by atoms with Gasteiger partial charge in [0.05, 0.1) is 0 Å². The first kappa shape index (κ1) is 13.6. The van der Waals surface area contributed by atoms with Crippen molar-refractivity contribution in [3.8, 4) is 11.5 Å². The first-order valence-electron chi connectivity index (χ1n) is 5.51. The molecule has 19 heavy (non-hydrogen) atoms. The summed E-state index contributed by atoms with van der Waals surface area (Å²) in [5, 5.41) is 2.47. The predicted octanol–water partition coefficient (Wildman–Crippen LogP) is 0.631. The standard InChI is InChI=1S/C13H12AsFN2O2/c1-16-13(18)12-7-9(4-5-17-12)19-8-2-3-10(14)11(15)6-8/h2-7H,14H2,1H3,(H,16,18). The van der Waals surface area contributed by atoms with E-state index in [-0.39, 0.29) is 17.4 Å². The van der Waals surface area contributed by atoms with Crippen molar-refractivity contribution in [2.75, 3.05) is 7.05 Å². The van der Waals surface area contributed by atoms with Crippen molar-refractivity contribution in [1.82, 2.24) is 10.3 Å². The van der Waals surface area contributed by atoms with Gasteiger partial charge in [-0.3, -0.25) is 0 Å². The molecule has 0 saturated heterocycles. The number of ether oxygens (including phenoxy) is 1. The molecule has 1 heterocycles. The van der Waals surface area contributed by atoms with Crippen molar-refractivity contribution in [2.24, 2.45) is 0 Å². The second-order valence-electron chi connectivity index (χ2n) is 3.74. The number of rotatable bonds is 3. The number of nitrogens with zero attached hydrogens (tertiary/aromatic N) is 1. The van der Waals surface area contributed by atoms with E-state index in [0.717, 1.165) is 0 Å². The monoisotopic (exact) mass is 322 g/mol. The molecular formula is C13H12AsFN2O2. The van der Waals surface area contributed by atoms with Gasteiger partial charge in [0.1, 0.15) is 0 Å². The van der Waals surface area contributed by atoms with Crippen LogP contribution in [0.2, 0.25) is 0 Å². The molecule has 2 aromatic rings. The Hall–Kier alpha value is -1.87. The molecule has 0 spiro atoms. The number of halogens is 1. The number of hydrogen-bond donors (Lipinski definition) is 1. The second kappa shape index (κ2) is 5.85. The van der Waals surface area contributed by atoms with E-state index in [2.05, 4.69) is 10.3 Å². The summed E-state index contributed by atoms with van der Waals surface area (Å²) in [6, 6.07) is 7.76. The quantitative estimate of drug-likeness (QED) is 0.844. The molecule has 1 amide bonds. The molecule has 0 bridgehead atoms. The average Bonchev–Trinajstić information content (AvgIpc) is 2.42. The van der Waals surface area contributed by atoms with E-state index in [4.69, 9.17) is 4.74 Å². The molecule has 1 atom stereocenters. The van der Waals surface area contributed by atoms with E-state index in [1.54, 1.807) is 18.2 Å². The molecule has 2 rings (SSSR count). The van der Waals surface area contributed by atoms with Crippen LogP contribution in [0.1, 0.15) is 10.5 Å². The Labute approximate surface area is 118 Å². The van der Waals surface area contributed by atoms with Gasteiger partial charge in [-0.1, -0.05) is 0 Å². The van der Waals surface area contributed by atoms with Crippen LogP contribution in [-0.2, 0) is 0 Å². The Morgan fingerprint density at radius 1 is 1.32 bits per heavy atom. The van der Waals surface area contributed by atoms with Crippen molar-refractivity contribution >= 4 is 27.1 Å². The molecule has 1 aromatic heterocycles. The first-order chi connectivity index (χ1) is 9.10. The topological polar surface area (TPSA) is 51.2 Å². The van der Waals surface area contributed by atoms with E-state index in [1.165, 1.54) is 42.2 Å². The van der Waals surface area contributed by atoms with Gasteiger partial charge in [-0.15, -0.1) is 0 Å². The maximum atomic E-state index is 13.4. The van der Waals surface area contributed by atoms with Gasteiger partial charge >= 0.3 is 118 Å². The van der Waals surface area contributed by atoms with Crippen LogP contribution in [0.25, 0.3) is 0 Å². The number of nitrogens with one attached hydrogen (secondary N) is 1. The average molecular weight is 322 g/mol. The van der Waals surface area contributed by atoms with Crippen molar-refractivity contribution < 1.29 is 13.9 Å². The van der Waals surface area contributed by atoms with Crippen LogP contribution in [0.15, 0.2) is 36.5 Å². The summed E-state index contributed by atoms with van der Waals surface area (Å²) >= 11 is 1.21. The Morgan fingerprint density at radius 3 is 2.74 bits per heavy atom. The summed E-state index contributed by atoms with van der Waals surface area (Å²) in [7, 11) is 1.52. The Bertz CT molecular complexity index is 619. The zero-order valence-corrected chi connectivity index (χ0v) is 12.6. The predicted molar refractivity (Wildman–Crippen MR) is 72.3 cm³/mol. The van der Waals surface area contributed by atoms with Gasteiger partial charge in [0.15, 0.2) is 0 Å². The number of hydrogen-bond acceptors (Lipinski definition) is 3. The summed E-state index contributed by atoms with van der Waals surface area (Å²) in [5.74, 6) is 0.205. The van der Waals surface area contributed by atoms with Crippen LogP contribution in [0.3, 0.4) is 0 Å². The number of pyridine rings is 1. The molecule has 1 N–H and O–H groups in total. The Morgan fingerprint density at radius 2 is 2.05 bits per heavy atom. The summed E-state index contributed by atoms with van der Waals surface area (Å²) < 4.78 is 19.5. The van der Waals surface area contributed by atoms with Crippen LogP contribution < -0.4 is 14.4 Å². The van der Waals surface area contributed by atoms with Crippen molar-refractivity contribution in [3.63, 3.8) is 0 Å². The van der Waals surface area contributed by atoms with Gasteiger partial charge < -0.3 is 0 Å². The van der Waals surface area contributed by atoms with E-state index in [9.17, 15) is 9.18 Å². The summed E-state index contributed by atoms with van der Waals surface area (Å²) in [6.45, 7) is 0. The number of benzene rings is 1. The number of aromatic nitrogens is 1. The molecule has 0 saturated carbocycles. The molecule has 1 unspecified atom stereocenters. The number of carbonyl (C=O) groups excluding carboxylic acids is 1. The summed E-state index contributed by atoms with van der Waals surface area (Å²) in [5.41, 5.74) is 0.246. The molecule has 0 aliphatic rings. The third-order valence-electron chi connectivity index (χ3n) is 2.40. The minimum atomic E-state index is -0.307. The maximum absolute atomic E-state index is 13.4. The fourth-order valence-corrected chi connectivity index (χ4v) is 1.81. The molecule has 98 valence electrons. The SMILES string of the molecule is CNC(=O)c1cc(Oc2ccc([AsH2])c(F)c2)ccn1. The van der Waals surface area contributed by atoms with Gasteiger partial charge in [0.2, 0.25) is 0 Å². The van der Waals surface area contributed by atoms with Crippen molar-refractivity contribution in [2.45, 2.75) is 0 Å². The van der Waals surface area contributed by atoms with Gasteiger partial charge in [-0.25, -0.2) is 0 Å². The summed E-state index contributed by atoms with van der Waals surface area (Å²) in [6.07, 6.45) is 1.47. The summed E-state index contributed by atoms with van der Waals surface area (Å²) in [4.78, 5) is 15.3. The normalized spacial score (nSPS) is 10.1. The minimum absolute atomic E-state index is 0.246. The Balaban J connectivity index is 2.23. The molecule has 0 aliphatic heterocycles. The van der Waals surface area contributed by atoms with Gasteiger partial charge in [-0.05, 0) is 0 Å². The molecule has 1 aromatic carbocycles. The van der Waals surface area contributed by atoms with E-state index >= 15 is 0 Å². The fraction of sp³-hybridized carbons (Fsp3) is 0.0769.